The second kappa shape index (κ2) is 6.46. The molecule has 8 nitrogen and oxygen atoms in total. The third-order valence-corrected chi connectivity index (χ3v) is 4.60. The van der Waals surface area contributed by atoms with Crippen molar-refractivity contribution < 1.29 is 17.5 Å². The van der Waals surface area contributed by atoms with Crippen molar-refractivity contribution in [3.63, 3.8) is 0 Å². The molecule has 0 amide bonds. The molecule has 24 heavy (non-hydrogen) atoms. The van der Waals surface area contributed by atoms with Gasteiger partial charge in [0.05, 0.1) is 18.0 Å². The average molecular weight is 355 g/mol. The molecule has 0 spiro atoms. The van der Waals surface area contributed by atoms with Crippen LogP contribution in [0.1, 0.15) is 6.42 Å². The van der Waals surface area contributed by atoms with Gasteiger partial charge < -0.3 is 9.64 Å². The normalized spacial score (nSPS) is 15.5. The van der Waals surface area contributed by atoms with Crippen LogP contribution in [0.2, 0.25) is 0 Å². The number of halogens is 1. The van der Waals surface area contributed by atoms with Gasteiger partial charge in [-0.15, -0.1) is 0 Å². The molecule has 10 heteroatoms. The first-order valence-electron chi connectivity index (χ1n) is 7.38. The first-order valence-corrected chi connectivity index (χ1v) is 8.92. The maximum atomic E-state index is 14.4. The van der Waals surface area contributed by atoms with E-state index < -0.39 is 16.0 Å². The van der Waals surface area contributed by atoms with Crippen molar-refractivity contribution in [2.75, 3.05) is 31.6 Å². The van der Waals surface area contributed by atoms with Crippen molar-refractivity contribution in [2.45, 2.75) is 6.42 Å². The third-order valence-electron chi connectivity index (χ3n) is 3.99. The summed E-state index contributed by atoms with van der Waals surface area (Å²) in [6.45, 7) is 1.63. The standard InChI is InChI=1S/C14H18FN5O3S/c1-23-10-4-11(15)13-12(5-10)17-8-18-14(13)20-6-9(7-20)2-3-19-24(16,21)22/h4-5,8-9,19H,2-3,6-7H2,1H3,(H2,16,21,22). The molecule has 0 atom stereocenters. The number of anilines is 1. The lowest BCUT2D eigenvalue weighted by Gasteiger charge is -2.40. The number of nitrogens with one attached hydrogen (secondary N) is 1. The summed E-state index contributed by atoms with van der Waals surface area (Å²) in [6, 6.07) is 2.97. The van der Waals surface area contributed by atoms with E-state index in [0.717, 1.165) is 0 Å². The molecule has 1 aliphatic rings. The van der Waals surface area contributed by atoms with Gasteiger partial charge in [-0.05, 0) is 12.3 Å². The van der Waals surface area contributed by atoms with Crippen LogP contribution in [0.15, 0.2) is 18.5 Å². The second-order valence-electron chi connectivity index (χ2n) is 5.70. The van der Waals surface area contributed by atoms with Crippen LogP contribution in [0.3, 0.4) is 0 Å². The molecule has 2 heterocycles. The zero-order valence-electron chi connectivity index (χ0n) is 13.1. The lowest BCUT2D eigenvalue weighted by atomic mass is 9.96. The molecule has 0 radical (unpaired) electrons. The fraction of sp³-hybridized carbons (Fsp3) is 0.429. The number of aromatic nitrogens is 2. The summed E-state index contributed by atoms with van der Waals surface area (Å²) in [5.74, 6) is 0.806. The minimum absolute atomic E-state index is 0.285. The zero-order chi connectivity index (χ0) is 17.3. The molecule has 130 valence electrons. The summed E-state index contributed by atoms with van der Waals surface area (Å²) in [5.41, 5.74) is 0.483. The number of benzene rings is 1. The minimum atomic E-state index is -3.66. The van der Waals surface area contributed by atoms with Crippen molar-refractivity contribution >= 4 is 26.9 Å². The van der Waals surface area contributed by atoms with Gasteiger partial charge in [0.25, 0.3) is 10.2 Å². The number of fused-ring (bicyclic) bond motifs is 1. The predicted octanol–water partition coefficient (Wildman–Crippen LogP) is 0.397. The van der Waals surface area contributed by atoms with Crippen LogP contribution in [-0.2, 0) is 10.2 Å². The molecule has 0 unspecified atom stereocenters. The molecule has 1 fully saturated rings. The first kappa shape index (κ1) is 16.8. The van der Waals surface area contributed by atoms with E-state index >= 15 is 0 Å². The summed E-state index contributed by atoms with van der Waals surface area (Å²) < 4.78 is 43.3. The molecule has 1 aromatic carbocycles. The van der Waals surface area contributed by atoms with Gasteiger partial charge >= 0.3 is 0 Å². The van der Waals surface area contributed by atoms with Gasteiger partial charge in [-0.25, -0.2) is 24.2 Å². The highest BCUT2D eigenvalue weighted by Gasteiger charge is 2.29. The number of hydrogen-bond donors (Lipinski definition) is 2. The van der Waals surface area contributed by atoms with E-state index in [1.807, 2.05) is 4.90 Å². The monoisotopic (exact) mass is 355 g/mol. The second-order valence-corrected chi connectivity index (χ2v) is 7.08. The van der Waals surface area contributed by atoms with Gasteiger partial charge in [0, 0.05) is 31.8 Å². The van der Waals surface area contributed by atoms with Crippen LogP contribution >= 0.6 is 0 Å². The SMILES string of the molecule is COc1cc(F)c2c(N3CC(CCNS(N)(=O)=O)C3)ncnc2c1. The van der Waals surface area contributed by atoms with Gasteiger partial charge in [-0.2, -0.15) is 8.42 Å². The molecule has 3 rings (SSSR count). The Hall–Kier alpha value is -2.04. The van der Waals surface area contributed by atoms with Crippen molar-refractivity contribution in [2.24, 2.45) is 11.1 Å². The number of nitrogens with zero attached hydrogens (tertiary/aromatic N) is 3. The Morgan fingerprint density at radius 3 is 2.83 bits per heavy atom. The van der Waals surface area contributed by atoms with Crippen molar-refractivity contribution in [3.8, 4) is 5.75 Å². The summed E-state index contributed by atoms with van der Waals surface area (Å²) in [6.07, 6.45) is 2.05. The van der Waals surface area contributed by atoms with Crippen LogP contribution in [-0.4, -0.2) is 45.1 Å². The van der Waals surface area contributed by atoms with Gasteiger partial charge in [0.2, 0.25) is 0 Å². The molecule has 0 aliphatic carbocycles. The topological polar surface area (TPSA) is 110 Å². The van der Waals surface area contributed by atoms with E-state index in [2.05, 4.69) is 14.7 Å². The lowest BCUT2D eigenvalue weighted by Crippen LogP contribution is -2.48. The first-order chi connectivity index (χ1) is 11.4. The van der Waals surface area contributed by atoms with E-state index in [1.54, 1.807) is 6.07 Å². The molecule has 0 bridgehead atoms. The van der Waals surface area contributed by atoms with Gasteiger partial charge in [-0.3, -0.25) is 0 Å². The molecule has 1 saturated heterocycles. The Balaban J connectivity index is 1.71. The summed E-state index contributed by atoms with van der Waals surface area (Å²) in [7, 11) is -2.19. The Labute approximate surface area is 139 Å². The van der Waals surface area contributed by atoms with Gasteiger partial charge in [-0.1, -0.05) is 0 Å². The largest absolute Gasteiger partial charge is 0.497 e. The van der Waals surface area contributed by atoms with Crippen LogP contribution < -0.4 is 19.5 Å². The van der Waals surface area contributed by atoms with Crippen LogP contribution in [0, 0.1) is 11.7 Å². The molecule has 3 N–H and O–H groups in total. The lowest BCUT2D eigenvalue weighted by molar-refractivity contribution is 0.382. The van der Waals surface area contributed by atoms with E-state index in [-0.39, 0.29) is 6.54 Å². The Morgan fingerprint density at radius 2 is 2.17 bits per heavy atom. The Bertz CT molecular complexity index is 855. The van der Waals surface area contributed by atoms with Crippen molar-refractivity contribution in [1.29, 1.82) is 0 Å². The van der Waals surface area contributed by atoms with E-state index in [1.165, 1.54) is 19.5 Å². The zero-order valence-corrected chi connectivity index (χ0v) is 13.9. The third kappa shape index (κ3) is 3.55. The summed E-state index contributed by atoms with van der Waals surface area (Å²) in [4.78, 5) is 10.2. The fourth-order valence-electron chi connectivity index (χ4n) is 2.79. The number of hydrogen-bond acceptors (Lipinski definition) is 6. The van der Waals surface area contributed by atoms with E-state index in [9.17, 15) is 12.8 Å². The van der Waals surface area contributed by atoms with Gasteiger partial charge in [0.1, 0.15) is 23.7 Å². The average Bonchev–Trinajstić information content (AvgIpc) is 2.47. The molecule has 2 aromatic rings. The van der Waals surface area contributed by atoms with Crippen molar-refractivity contribution in [3.05, 3.63) is 24.3 Å². The molecule has 1 aromatic heterocycles. The maximum Gasteiger partial charge on any atom is 0.274 e. The summed E-state index contributed by atoms with van der Waals surface area (Å²) >= 11 is 0. The number of ether oxygens (including phenoxy) is 1. The Morgan fingerprint density at radius 1 is 1.42 bits per heavy atom. The quantitative estimate of drug-likeness (QED) is 0.776. The highest BCUT2D eigenvalue weighted by Crippen LogP contribution is 2.33. The number of nitrogens with two attached hydrogens (primary N) is 1. The smallest absolute Gasteiger partial charge is 0.274 e. The minimum Gasteiger partial charge on any atom is -0.497 e. The molecule has 1 aliphatic heterocycles. The fourth-order valence-corrected chi connectivity index (χ4v) is 3.19. The maximum absolute atomic E-state index is 14.4. The van der Waals surface area contributed by atoms with Gasteiger partial charge in [0.15, 0.2) is 0 Å². The highest BCUT2D eigenvalue weighted by atomic mass is 32.2. The molecular formula is C14H18FN5O3S. The number of rotatable bonds is 6. The van der Waals surface area contributed by atoms with Crippen LogP contribution in [0.4, 0.5) is 10.2 Å². The Kier molecular flexibility index (Phi) is 4.52. The van der Waals surface area contributed by atoms with E-state index in [0.29, 0.717) is 47.9 Å². The van der Waals surface area contributed by atoms with Crippen LogP contribution in [0.5, 0.6) is 5.75 Å². The summed E-state index contributed by atoms with van der Waals surface area (Å²) in [5, 5.41) is 5.24. The number of methoxy groups -OCH3 is 1. The van der Waals surface area contributed by atoms with Crippen molar-refractivity contribution in [1.82, 2.24) is 14.7 Å². The highest BCUT2D eigenvalue weighted by molar-refractivity contribution is 7.87. The predicted molar refractivity (Wildman–Crippen MR) is 87.5 cm³/mol. The molecular weight excluding hydrogens is 337 g/mol. The van der Waals surface area contributed by atoms with E-state index in [4.69, 9.17) is 9.88 Å². The van der Waals surface area contributed by atoms with Crippen LogP contribution in [0.25, 0.3) is 10.9 Å². The molecule has 0 saturated carbocycles.